The van der Waals surface area contributed by atoms with Gasteiger partial charge in [-0.25, -0.2) is 13.1 Å². The molecular formula is C10H17NO3S2. The summed E-state index contributed by atoms with van der Waals surface area (Å²) in [6.45, 7) is 3.70. The van der Waals surface area contributed by atoms with Crippen LogP contribution in [0, 0.1) is 6.92 Å². The van der Waals surface area contributed by atoms with Gasteiger partial charge in [-0.1, -0.05) is 0 Å². The number of thiophene rings is 1. The van der Waals surface area contributed by atoms with Crippen LogP contribution in [0.4, 0.5) is 0 Å². The lowest BCUT2D eigenvalue weighted by Crippen LogP contribution is -2.29. The van der Waals surface area contributed by atoms with Crippen LogP contribution in [0.2, 0.25) is 0 Å². The van der Waals surface area contributed by atoms with Gasteiger partial charge in [0.05, 0.1) is 11.8 Å². The second-order valence-electron chi connectivity index (χ2n) is 3.68. The summed E-state index contributed by atoms with van der Waals surface area (Å²) in [5.74, 6) is -0.0296. The summed E-state index contributed by atoms with van der Waals surface area (Å²) in [5, 5.41) is 8.59. The van der Waals surface area contributed by atoms with Gasteiger partial charge < -0.3 is 5.11 Å². The predicted molar refractivity (Wildman–Crippen MR) is 66.1 cm³/mol. The number of hydrogen-bond acceptors (Lipinski definition) is 4. The fourth-order valence-electron chi connectivity index (χ4n) is 1.33. The fourth-order valence-corrected chi connectivity index (χ4v) is 3.57. The average Bonchev–Trinajstić information content (AvgIpc) is 2.61. The first-order valence-electron chi connectivity index (χ1n) is 5.12. The molecule has 1 aromatic rings. The second-order valence-corrected chi connectivity index (χ2v) is 6.88. The molecule has 0 spiro atoms. The Balaban J connectivity index is 2.60. The Morgan fingerprint density at radius 1 is 1.50 bits per heavy atom. The summed E-state index contributed by atoms with van der Waals surface area (Å²) in [4.78, 5) is 2.17. The maximum atomic E-state index is 11.6. The highest BCUT2D eigenvalue weighted by Gasteiger charge is 2.16. The van der Waals surface area contributed by atoms with Crippen LogP contribution in [0.1, 0.15) is 29.1 Å². The number of aliphatic hydroxyl groups is 1. The molecule has 0 radical (unpaired) electrons. The molecule has 0 saturated carbocycles. The molecule has 0 saturated heterocycles. The van der Waals surface area contributed by atoms with E-state index in [1.807, 2.05) is 26.0 Å². The molecule has 1 heterocycles. The van der Waals surface area contributed by atoms with E-state index in [1.54, 1.807) is 11.3 Å². The van der Waals surface area contributed by atoms with Crippen LogP contribution >= 0.6 is 11.3 Å². The lowest BCUT2D eigenvalue weighted by atomic mass is 10.3. The Morgan fingerprint density at radius 3 is 2.69 bits per heavy atom. The second kappa shape index (κ2) is 5.77. The summed E-state index contributed by atoms with van der Waals surface area (Å²) in [5.41, 5.74) is 0. The molecule has 0 aliphatic carbocycles. The summed E-state index contributed by atoms with van der Waals surface area (Å²) < 4.78 is 25.7. The number of nitrogens with one attached hydrogen (secondary N) is 1. The van der Waals surface area contributed by atoms with Gasteiger partial charge in [-0.2, -0.15) is 0 Å². The van der Waals surface area contributed by atoms with E-state index in [0.717, 1.165) is 9.75 Å². The molecule has 0 aliphatic heterocycles. The molecule has 0 amide bonds. The molecule has 0 fully saturated rings. The normalized spacial score (nSPS) is 13.9. The third kappa shape index (κ3) is 4.21. The summed E-state index contributed by atoms with van der Waals surface area (Å²) in [6, 6.07) is 3.69. The van der Waals surface area contributed by atoms with Crippen molar-refractivity contribution < 1.29 is 13.5 Å². The smallest absolute Gasteiger partial charge is 0.212 e. The van der Waals surface area contributed by atoms with E-state index in [1.165, 1.54) is 0 Å². The molecule has 1 atom stereocenters. The summed E-state index contributed by atoms with van der Waals surface area (Å²) in [7, 11) is -3.29. The minimum Gasteiger partial charge on any atom is -0.396 e. The van der Waals surface area contributed by atoms with Gasteiger partial charge in [0, 0.05) is 16.4 Å². The molecular weight excluding hydrogens is 246 g/mol. The molecule has 0 aliphatic rings. The highest BCUT2D eigenvalue weighted by molar-refractivity contribution is 7.89. The van der Waals surface area contributed by atoms with Crippen molar-refractivity contribution in [3.8, 4) is 0 Å². The van der Waals surface area contributed by atoms with Gasteiger partial charge >= 0.3 is 0 Å². The van der Waals surface area contributed by atoms with Crippen LogP contribution in [0.25, 0.3) is 0 Å². The standard InChI is InChI=1S/C10H17NO3S2/c1-8-4-5-10(15-8)9(2)11-16(13,14)7-3-6-12/h4-5,9,11-12H,3,6-7H2,1-2H3. The van der Waals surface area contributed by atoms with Crippen molar-refractivity contribution in [1.29, 1.82) is 0 Å². The molecule has 92 valence electrons. The SMILES string of the molecule is Cc1ccc(C(C)NS(=O)(=O)CCCO)s1. The van der Waals surface area contributed by atoms with E-state index in [4.69, 9.17) is 5.11 Å². The molecule has 1 unspecified atom stereocenters. The summed E-state index contributed by atoms with van der Waals surface area (Å²) in [6.07, 6.45) is 0.269. The van der Waals surface area contributed by atoms with Crippen LogP contribution in [0.5, 0.6) is 0 Å². The minimum atomic E-state index is -3.29. The first kappa shape index (κ1) is 13.6. The predicted octanol–water partition coefficient (Wildman–Crippen LogP) is 1.42. The van der Waals surface area contributed by atoms with Gasteiger partial charge in [0.2, 0.25) is 10.0 Å². The lowest BCUT2D eigenvalue weighted by Gasteiger charge is -2.12. The maximum Gasteiger partial charge on any atom is 0.212 e. The number of hydrogen-bond donors (Lipinski definition) is 2. The van der Waals surface area contributed by atoms with E-state index in [-0.39, 0.29) is 24.8 Å². The monoisotopic (exact) mass is 263 g/mol. The third-order valence-electron chi connectivity index (χ3n) is 2.12. The molecule has 0 aromatic carbocycles. The highest BCUT2D eigenvalue weighted by Crippen LogP contribution is 2.22. The third-order valence-corrected chi connectivity index (χ3v) is 4.84. The topological polar surface area (TPSA) is 66.4 Å². The molecule has 1 aromatic heterocycles. The Morgan fingerprint density at radius 2 is 2.19 bits per heavy atom. The van der Waals surface area contributed by atoms with E-state index in [0.29, 0.717) is 0 Å². The lowest BCUT2D eigenvalue weighted by molar-refractivity contribution is 0.295. The summed E-state index contributed by atoms with van der Waals surface area (Å²) >= 11 is 1.58. The number of aliphatic hydroxyl groups excluding tert-OH is 1. The molecule has 2 N–H and O–H groups in total. The van der Waals surface area contributed by atoms with Crippen LogP contribution < -0.4 is 4.72 Å². The van der Waals surface area contributed by atoms with E-state index in [9.17, 15) is 8.42 Å². The Labute approximate surface area is 100 Å². The van der Waals surface area contributed by atoms with Gasteiger partial charge in [-0.05, 0) is 32.4 Å². The zero-order valence-corrected chi connectivity index (χ0v) is 11.1. The van der Waals surface area contributed by atoms with E-state index in [2.05, 4.69) is 4.72 Å². The molecule has 16 heavy (non-hydrogen) atoms. The van der Waals surface area contributed by atoms with Crippen LogP contribution in [0.3, 0.4) is 0 Å². The minimum absolute atomic E-state index is 0.0296. The molecule has 1 rings (SSSR count). The van der Waals surface area contributed by atoms with Gasteiger partial charge in [0.1, 0.15) is 0 Å². The quantitative estimate of drug-likeness (QED) is 0.815. The molecule has 6 heteroatoms. The fraction of sp³-hybridized carbons (Fsp3) is 0.600. The van der Waals surface area contributed by atoms with Gasteiger partial charge in [0.15, 0.2) is 0 Å². The van der Waals surface area contributed by atoms with Crippen molar-refractivity contribution in [1.82, 2.24) is 4.72 Å². The first-order valence-corrected chi connectivity index (χ1v) is 7.58. The maximum absolute atomic E-state index is 11.6. The zero-order chi connectivity index (χ0) is 12.2. The van der Waals surface area contributed by atoms with Crippen molar-refractivity contribution in [2.24, 2.45) is 0 Å². The van der Waals surface area contributed by atoms with Crippen molar-refractivity contribution in [3.63, 3.8) is 0 Å². The molecule has 4 nitrogen and oxygen atoms in total. The number of sulfonamides is 1. The highest BCUT2D eigenvalue weighted by atomic mass is 32.2. The zero-order valence-electron chi connectivity index (χ0n) is 9.43. The number of aryl methyl sites for hydroxylation is 1. The van der Waals surface area contributed by atoms with E-state index >= 15 is 0 Å². The average molecular weight is 263 g/mol. The van der Waals surface area contributed by atoms with Gasteiger partial charge in [-0.3, -0.25) is 0 Å². The van der Waals surface area contributed by atoms with Crippen LogP contribution in [-0.4, -0.2) is 25.9 Å². The largest absolute Gasteiger partial charge is 0.396 e. The van der Waals surface area contributed by atoms with Crippen molar-refractivity contribution in [2.45, 2.75) is 26.3 Å². The Bertz CT molecular complexity index is 425. The first-order chi connectivity index (χ1) is 7.44. The van der Waals surface area contributed by atoms with Crippen molar-refractivity contribution >= 4 is 21.4 Å². The number of rotatable bonds is 6. The van der Waals surface area contributed by atoms with Gasteiger partial charge in [-0.15, -0.1) is 11.3 Å². The van der Waals surface area contributed by atoms with Gasteiger partial charge in [0.25, 0.3) is 0 Å². The van der Waals surface area contributed by atoms with Crippen LogP contribution in [-0.2, 0) is 10.0 Å². The molecule has 0 bridgehead atoms. The van der Waals surface area contributed by atoms with E-state index < -0.39 is 10.0 Å². The van der Waals surface area contributed by atoms with Crippen molar-refractivity contribution in [3.05, 3.63) is 21.9 Å². The van der Waals surface area contributed by atoms with Crippen molar-refractivity contribution in [2.75, 3.05) is 12.4 Å². The Kier molecular flexibility index (Phi) is 4.91. The van der Waals surface area contributed by atoms with Crippen LogP contribution in [0.15, 0.2) is 12.1 Å². The Hall–Kier alpha value is -0.430.